The maximum atomic E-state index is 4.61. The van der Waals surface area contributed by atoms with Crippen molar-refractivity contribution in [2.75, 3.05) is 6.54 Å². The lowest BCUT2D eigenvalue weighted by Gasteiger charge is -2.18. The molecule has 86 valence electrons. The molecule has 4 nitrogen and oxygen atoms in total. The van der Waals surface area contributed by atoms with Crippen LogP contribution >= 0.6 is 0 Å². The van der Waals surface area contributed by atoms with Crippen LogP contribution in [0.3, 0.4) is 0 Å². The van der Waals surface area contributed by atoms with Crippen molar-refractivity contribution in [2.24, 2.45) is 0 Å². The van der Waals surface area contributed by atoms with Crippen LogP contribution in [0.1, 0.15) is 17.0 Å². The average Bonchev–Trinajstić information content (AvgIpc) is 2.40. The van der Waals surface area contributed by atoms with E-state index >= 15 is 0 Å². The third-order valence-electron chi connectivity index (χ3n) is 3.04. The van der Waals surface area contributed by atoms with Crippen molar-refractivity contribution >= 4 is 0 Å². The number of aryl methyl sites for hydroxylation is 1. The summed E-state index contributed by atoms with van der Waals surface area (Å²) in [5.74, 6) is 0.727. The first-order chi connectivity index (χ1) is 8.34. The van der Waals surface area contributed by atoms with Crippen LogP contribution in [0.4, 0.5) is 0 Å². The van der Waals surface area contributed by atoms with Crippen LogP contribution in [0.5, 0.6) is 0 Å². The zero-order chi connectivity index (χ0) is 11.7. The first-order valence-corrected chi connectivity index (χ1v) is 5.83. The molecule has 2 aromatic rings. The molecule has 1 N–H and O–H groups in total. The summed E-state index contributed by atoms with van der Waals surface area (Å²) in [4.78, 5) is 13.5. The van der Waals surface area contributed by atoms with Gasteiger partial charge in [0.1, 0.15) is 5.69 Å². The molecule has 0 saturated carbocycles. The second-order valence-electron chi connectivity index (χ2n) is 4.20. The summed E-state index contributed by atoms with van der Waals surface area (Å²) in [6, 6.07) is 5.80. The fraction of sp³-hybridized carbons (Fsp3) is 0.308. The predicted molar refractivity (Wildman–Crippen MR) is 65.4 cm³/mol. The molecular formula is C13H14N4. The van der Waals surface area contributed by atoms with Gasteiger partial charge in [-0.25, -0.2) is 9.97 Å². The Kier molecular flexibility index (Phi) is 2.57. The van der Waals surface area contributed by atoms with E-state index in [1.165, 1.54) is 5.56 Å². The molecule has 4 heteroatoms. The van der Waals surface area contributed by atoms with E-state index in [1.54, 1.807) is 6.20 Å². The van der Waals surface area contributed by atoms with Gasteiger partial charge in [-0.1, -0.05) is 6.07 Å². The van der Waals surface area contributed by atoms with Gasteiger partial charge in [-0.2, -0.15) is 0 Å². The van der Waals surface area contributed by atoms with E-state index in [2.05, 4.69) is 27.2 Å². The number of aromatic nitrogens is 3. The monoisotopic (exact) mass is 226 g/mol. The minimum Gasteiger partial charge on any atom is -0.311 e. The molecule has 0 amide bonds. The van der Waals surface area contributed by atoms with E-state index in [9.17, 15) is 0 Å². The number of fused-ring (bicyclic) bond motifs is 1. The summed E-state index contributed by atoms with van der Waals surface area (Å²) in [6.45, 7) is 3.90. The first-order valence-electron chi connectivity index (χ1n) is 5.83. The van der Waals surface area contributed by atoms with Crippen LogP contribution in [0, 0.1) is 6.92 Å². The predicted octanol–water partition coefficient (Wildman–Crippen LogP) is 1.49. The topological polar surface area (TPSA) is 50.7 Å². The fourth-order valence-corrected chi connectivity index (χ4v) is 2.16. The minimum absolute atomic E-state index is 0.727. The van der Waals surface area contributed by atoms with Crippen LogP contribution in [0.25, 0.3) is 11.5 Å². The Morgan fingerprint density at radius 2 is 2.18 bits per heavy atom. The van der Waals surface area contributed by atoms with Crippen molar-refractivity contribution in [1.82, 2.24) is 20.3 Å². The van der Waals surface area contributed by atoms with Gasteiger partial charge in [0.25, 0.3) is 0 Å². The van der Waals surface area contributed by atoms with Gasteiger partial charge in [-0.05, 0) is 37.6 Å². The Morgan fingerprint density at radius 1 is 1.24 bits per heavy atom. The van der Waals surface area contributed by atoms with Gasteiger partial charge < -0.3 is 5.32 Å². The van der Waals surface area contributed by atoms with Crippen LogP contribution in [-0.2, 0) is 13.0 Å². The van der Waals surface area contributed by atoms with Crippen molar-refractivity contribution in [3.8, 4) is 11.5 Å². The molecule has 3 rings (SSSR count). The lowest BCUT2D eigenvalue weighted by Crippen LogP contribution is -2.26. The average molecular weight is 226 g/mol. The Hall–Kier alpha value is -1.81. The van der Waals surface area contributed by atoms with Crippen LogP contribution < -0.4 is 5.32 Å². The maximum absolute atomic E-state index is 4.61. The smallest absolute Gasteiger partial charge is 0.178 e. The van der Waals surface area contributed by atoms with Gasteiger partial charge >= 0.3 is 0 Å². The molecule has 17 heavy (non-hydrogen) atoms. The molecule has 1 aliphatic heterocycles. The van der Waals surface area contributed by atoms with Crippen molar-refractivity contribution in [2.45, 2.75) is 19.9 Å². The summed E-state index contributed by atoms with van der Waals surface area (Å²) in [5.41, 5.74) is 4.33. The molecular weight excluding hydrogens is 212 g/mol. The Morgan fingerprint density at radius 3 is 3.00 bits per heavy atom. The highest BCUT2D eigenvalue weighted by atomic mass is 15.0. The van der Waals surface area contributed by atoms with Crippen molar-refractivity contribution in [1.29, 1.82) is 0 Å². The molecule has 0 aliphatic carbocycles. The molecule has 0 radical (unpaired) electrons. The highest BCUT2D eigenvalue weighted by molar-refractivity contribution is 5.50. The van der Waals surface area contributed by atoms with Crippen LogP contribution in [-0.4, -0.2) is 21.5 Å². The zero-order valence-electron chi connectivity index (χ0n) is 9.77. The zero-order valence-corrected chi connectivity index (χ0v) is 9.77. The molecule has 0 aromatic carbocycles. The molecule has 0 fully saturated rings. The normalized spacial score (nSPS) is 14.4. The summed E-state index contributed by atoms with van der Waals surface area (Å²) in [7, 11) is 0. The number of rotatable bonds is 1. The lowest BCUT2D eigenvalue weighted by atomic mass is 10.0. The first kappa shape index (κ1) is 10.4. The van der Waals surface area contributed by atoms with E-state index in [0.29, 0.717) is 0 Å². The van der Waals surface area contributed by atoms with E-state index in [1.807, 2.05) is 18.2 Å². The van der Waals surface area contributed by atoms with E-state index in [4.69, 9.17) is 0 Å². The third kappa shape index (κ3) is 1.91. The Labute approximate surface area is 100 Å². The Bertz CT molecular complexity index is 537. The number of pyridine rings is 1. The fourth-order valence-electron chi connectivity index (χ4n) is 2.16. The molecule has 0 saturated heterocycles. The van der Waals surface area contributed by atoms with Gasteiger partial charge in [0.15, 0.2) is 5.82 Å². The number of nitrogens with one attached hydrogen (secondary N) is 1. The molecule has 0 bridgehead atoms. The van der Waals surface area contributed by atoms with Gasteiger partial charge in [-0.3, -0.25) is 4.98 Å². The van der Waals surface area contributed by atoms with Crippen LogP contribution in [0.15, 0.2) is 24.4 Å². The standard InChI is InChI=1S/C13H14N4/c1-9-10-5-7-14-8-12(10)17-13(16-9)11-4-2-3-6-15-11/h2-4,6,14H,5,7-8H2,1H3. The van der Waals surface area contributed by atoms with Crippen LogP contribution in [0.2, 0.25) is 0 Å². The summed E-state index contributed by atoms with van der Waals surface area (Å²) in [5, 5.41) is 3.34. The molecule has 2 aromatic heterocycles. The molecule has 0 spiro atoms. The molecule has 1 aliphatic rings. The minimum atomic E-state index is 0.727. The SMILES string of the molecule is Cc1nc(-c2ccccn2)nc2c1CCNC2. The van der Waals surface area contributed by atoms with Gasteiger partial charge in [-0.15, -0.1) is 0 Å². The highest BCUT2D eigenvalue weighted by Gasteiger charge is 2.15. The van der Waals surface area contributed by atoms with Crippen molar-refractivity contribution in [3.63, 3.8) is 0 Å². The van der Waals surface area contributed by atoms with Gasteiger partial charge in [0.05, 0.1) is 5.69 Å². The number of hydrogen-bond donors (Lipinski definition) is 1. The van der Waals surface area contributed by atoms with Crippen molar-refractivity contribution in [3.05, 3.63) is 41.3 Å². The summed E-state index contributed by atoms with van der Waals surface area (Å²) < 4.78 is 0. The molecule has 0 atom stereocenters. The lowest BCUT2D eigenvalue weighted by molar-refractivity contribution is 0.620. The van der Waals surface area contributed by atoms with Gasteiger partial charge in [0, 0.05) is 18.4 Å². The van der Waals surface area contributed by atoms with E-state index in [0.717, 1.165) is 42.4 Å². The second-order valence-corrected chi connectivity index (χ2v) is 4.20. The van der Waals surface area contributed by atoms with E-state index < -0.39 is 0 Å². The van der Waals surface area contributed by atoms with Gasteiger partial charge in [0.2, 0.25) is 0 Å². The molecule has 0 unspecified atom stereocenters. The highest BCUT2D eigenvalue weighted by Crippen LogP contribution is 2.19. The number of nitrogens with zero attached hydrogens (tertiary/aromatic N) is 3. The summed E-state index contributed by atoms with van der Waals surface area (Å²) in [6.07, 6.45) is 2.79. The van der Waals surface area contributed by atoms with E-state index in [-0.39, 0.29) is 0 Å². The Balaban J connectivity index is 2.11. The second kappa shape index (κ2) is 4.22. The van der Waals surface area contributed by atoms with Crippen molar-refractivity contribution < 1.29 is 0 Å². The third-order valence-corrected chi connectivity index (χ3v) is 3.04. The quantitative estimate of drug-likeness (QED) is 0.800. The largest absolute Gasteiger partial charge is 0.311 e. The summed E-state index contributed by atoms with van der Waals surface area (Å²) >= 11 is 0. The maximum Gasteiger partial charge on any atom is 0.178 e. The number of hydrogen-bond acceptors (Lipinski definition) is 4. The molecule has 3 heterocycles.